The molecule has 0 atom stereocenters. The Morgan fingerprint density at radius 3 is 2.52 bits per heavy atom. The lowest BCUT2D eigenvalue weighted by Gasteiger charge is -2.09. The predicted molar refractivity (Wildman–Crippen MR) is 78.0 cm³/mol. The molecule has 0 saturated heterocycles. The molecule has 0 radical (unpaired) electrons. The molecule has 0 bridgehead atoms. The molecule has 0 aliphatic carbocycles. The Labute approximate surface area is 122 Å². The third kappa shape index (κ3) is 3.38. The number of carbonyl (C=O) groups is 1. The predicted octanol–water partition coefficient (Wildman–Crippen LogP) is 1.83. The molecular weight excluding hydrogens is 292 g/mol. The highest BCUT2D eigenvalue weighted by Crippen LogP contribution is 2.27. The summed E-state index contributed by atoms with van der Waals surface area (Å²) in [5.41, 5.74) is 0.402. The van der Waals surface area contributed by atoms with Crippen molar-refractivity contribution in [3.8, 4) is 5.75 Å². The fraction of sp³-hybridized carbons (Fsp3) is 0.143. The van der Waals surface area contributed by atoms with E-state index in [0.29, 0.717) is 5.56 Å². The lowest BCUT2D eigenvalue weighted by molar-refractivity contribution is 0.102. The topological polar surface area (TPSA) is 96.4 Å². The van der Waals surface area contributed by atoms with E-state index in [2.05, 4.69) is 10.3 Å². The van der Waals surface area contributed by atoms with E-state index in [1.807, 2.05) is 0 Å². The SMILES string of the molecule is CCS(=O)(=O)c1ccc(O)c(NC(=O)c2ccncc2)c1. The van der Waals surface area contributed by atoms with E-state index >= 15 is 0 Å². The van der Waals surface area contributed by atoms with Crippen LogP contribution < -0.4 is 5.32 Å². The Hall–Kier alpha value is -2.41. The zero-order chi connectivity index (χ0) is 15.5. The van der Waals surface area contributed by atoms with Crippen LogP contribution in [-0.2, 0) is 9.84 Å². The quantitative estimate of drug-likeness (QED) is 0.840. The van der Waals surface area contributed by atoms with Gasteiger partial charge in [-0.1, -0.05) is 6.92 Å². The van der Waals surface area contributed by atoms with Gasteiger partial charge in [0.05, 0.1) is 16.3 Å². The average molecular weight is 306 g/mol. The summed E-state index contributed by atoms with van der Waals surface area (Å²) in [7, 11) is -3.41. The molecule has 0 unspecified atom stereocenters. The number of aromatic nitrogens is 1. The maximum atomic E-state index is 12.0. The highest BCUT2D eigenvalue weighted by molar-refractivity contribution is 7.91. The minimum atomic E-state index is -3.41. The first kappa shape index (κ1) is 15.0. The number of phenols is 1. The molecular formula is C14H14N2O4S. The number of hydrogen-bond acceptors (Lipinski definition) is 5. The summed E-state index contributed by atoms with van der Waals surface area (Å²) in [6.07, 6.45) is 2.93. The summed E-state index contributed by atoms with van der Waals surface area (Å²) in [6.45, 7) is 1.53. The molecule has 1 heterocycles. The molecule has 1 amide bonds. The number of nitrogens with zero attached hydrogens (tertiary/aromatic N) is 1. The smallest absolute Gasteiger partial charge is 0.255 e. The van der Waals surface area contributed by atoms with Crippen molar-refractivity contribution in [1.82, 2.24) is 4.98 Å². The summed E-state index contributed by atoms with van der Waals surface area (Å²) in [5.74, 6) is -0.721. The van der Waals surface area contributed by atoms with Gasteiger partial charge >= 0.3 is 0 Å². The van der Waals surface area contributed by atoms with Crippen LogP contribution in [-0.4, -0.2) is 30.2 Å². The monoisotopic (exact) mass is 306 g/mol. The number of sulfone groups is 1. The fourth-order valence-electron chi connectivity index (χ4n) is 1.67. The average Bonchev–Trinajstić information content (AvgIpc) is 2.50. The minimum Gasteiger partial charge on any atom is -0.506 e. The van der Waals surface area contributed by atoms with Crippen LogP contribution >= 0.6 is 0 Å². The lowest BCUT2D eigenvalue weighted by Crippen LogP contribution is -2.13. The van der Waals surface area contributed by atoms with Crippen molar-refractivity contribution >= 4 is 21.4 Å². The number of pyridine rings is 1. The van der Waals surface area contributed by atoms with Gasteiger partial charge in [-0.05, 0) is 30.3 Å². The first-order valence-electron chi connectivity index (χ1n) is 6.21. The molecule has 110 valence electrons. The summed E-state index contributed by atoms with van der Waals surface area (Å²) in [4.78, 5) is 15.8. The van der Waals surface area contributed by atoms with E-state index in [9.17, 15) is 18.3 Å². The Morgan fingerprint density at radius 1 is 1.24 bits per heavy atom. The van der Waals surface area contributed by atoms with Crippen molar-refractivity contribution in [3.63, 3.8) is 0 Å². The van der Waals surface area contributed by atoms with Crippen molar-refractivity contribution in [2.45, 2.75) is 11.8 Å². The molecule has 2 aromatic rings. The Kier molecular flexibility index (Phi) is 4.23. The van der Waals surface area contributed by atoms with Crippen molar-refractivity contribution in [3.05, 3.63) is 48.3 Å². The third-order valence-electron chi connectivity index (χ3n) is 2.90. The van der Waals surface area contributed by atoms with E-state index in [0.717, 1.165) is 0 Å². The summed E-state index contributed by atoms with van der Waals surface area (Å²) < 4.78 is 23.6. The van der Waals surface area contributed by atoms with E-state index < -0.39 is 15.7 Å². The van der Waals surface area contributed by atoms with Gasteiger partial charge in [0.2, 0.25) is 0 Å². The first-order chi connectivity index (χ1) is 9.94. The van der Waals surface area contributed by atoms with Crippen LogP contribution in [0.5, 0.6) is 5.75 Å². The van der Waals surface area contributed by atoms with Gasteiger partial charge in [0.15, 0.2) is 9.84 Å². The van der Waals surface area contributed by atoms with Gasteiger partial charge in [0, 0.05) is 18.0 Å². The van der Waals surface area contributed by atoms with Crippen LogP contribution in [0.1, 0.15) is 17.3 Å². The van der Waals surface area contributed by atoms with Gasteiger partial charge < -0.3 is 10.4 Å². The molecule has 0 fully saturated rings. The van der Waals surface area contributed by atoms with Crippen molar-refractivity contribution in [2.24, 2.45) is 0 Å². The normalized spacial score (nSPS) is 11.1. The maximum absolute atomic E-state index is 12.0. The van der Waals surface area contributed by atoms with Crippen molar-refractivity contribution < 1.29 is 18.3 Å². The molecule has 7 heteroatoms. The largest absolute Gasteiger partial charge is 0.506 e. The number of rotatable bonds is 4. The van der Waals surface area contributed by atoms with Gasteiger partial charge in [-0.3, -0.25) is 9.78 Å². The molecule has 21 heavy (non-hydrogen) atoms. The molecule has 0 aliphatic rings. The summed E-state index contributed by atoms with van der Waals surface area (Å²) in [5, 5.41) is 12.2. The van der Waals surface area contributed by atoms with Crippen LogP contribution in [0, 0.1) is 0 Å². The van der Waals surface area contributed by atoms with Crippen LogP contribution in [0.25, 0.3) is 0 Å². The highest BCUT2D eigenvalue weighted by Gasteiger charge is 2.15. The number of nitrogens with one attached hydrogen (secondary N) is 1. The van der Waals surface area contributed by atoms with Crippen LogP contribution in [0.15, 0.2) is 47.6 Å². The second kappa shape index (κ2) is 5.92. The van der Waals surface area contributed by atoms with Crippen LogP contribution in [0.4, 0.5) is 5.69 Å². The highest BCUT2D eigenvalue weighted by atomic mass is 32.2. The number of anilines is 1. The fourth-order valence-corrected chi connectivity index (χ4v) is 2.58. The second-order valence-electron chi connectivity index (χ2n) is 4.27. The standard InChI is InChI=1S/C14H14N2O4S/c1-2-21(19,20)11-3-4-13(17)12(9-11)16-14(18)10-5-7-15-8-6-10/h3-9,17H,2H2,1H3,(H,16,18). The van der Waals surface area contributed by atoms with E-state index in [1.165, 1.54) is 49.6 Å². The second-order valence-corrected chi connectivity index (χ2v) is 6.55. The van der Waals surface area contributed by atoms with E-state index in [-0.39, 0.29) is 22.1 Å². The lowest BCUT2D eigenvalue weighted by atomic mass is 10.2. The van der Waals surface area contributed by atoms with Gasteiger partial charge in [0.25, 0.3) is 5.91 Å². The Bertz CT molecular complexity index is 758. The molecule has 6 nitrogen and oxygen atoms in total. The van der Waals surface area contributed by atoms with E-state index in [4.69, 9.17) is 0 Å². The van der Waals surface area contributed by atoms with Crippen LogP contribution in [0.2, 0.25) is 0 Å². The molecule has 0 saturated carbocycles. The van der Waals surface area contributed by atoms with Crippen LogP contribution in [0.3, 0.4) is 0 Å². The molecule has 0 spiro atoms. The maximum Gasteiger partial charge on any atom is 0.255 e. The molecule has 2 N–H and O–H groups in total. The number of benzene rings is 1. The van der Waals surface area contributed by atoms with Gasteiger partial charge in [-0.25, -0.2) is 8.42 Å². The number of aromatic hydroxyl groups is 1. The number of amides is 1. The third-order valence-corrected chi connectivity index (χ3v) is 4.63. The number of hydrogen-bond donors (Lipinski definition) is 2. The van der Waals surface area contributed by atoms with Crippen molar-refractivity contribution in [1.29, 1.82) is 0 Å². The van der Waals surface area contributed by atoms with Gasteiger partial charge in [-0.15, -0.1) is 0 Å². The molecule has 2 rings (SSSR count). The van der Waals surface area contributed by atoms with Gasteiger partial charge in [0.1, 0.15) is 5.75 Å². The molecule has 1 aromatic carbocycles. The Balaban J connectivity index is 2.32. The Morgan fingerprint density at radius 2 is 1.90 bits per heavy atom. The molecule has 1 aromatic heterocycles. The summed E-state index contributed by atoms with van der Waals surface area (Å²) in [6, 6.07) is 6.81. The summed E-state index contributed by atoms with van der Waals surface area (Å²) >= 11 is 0. The first-order valence-corrected chi connectivity index (χ1v) is 7.86. The molecule has 0 aliphatic heterocycles. The minimum absolute atomic E-state index is 0.0475. The zero-order valence-corrected chi connectivity index (χ0v) is 12.1. The van der Waals surface area contributed by atoms with E-state index in [1.54, 1.807) is 0 Å². The number of phenolic OH excluding ortho intramolecular Hbond substituents is 1. The van der Waals surface area contributed by atoms with Gasteiger partial charge in [-0.2, -0.15) is 0 Å². The number of carbonyl (C=O) groups excluding carboxylic acids is 1. The zero-order valence-electron chi connectivity index (χ0n) is 11.3. The van der Waals surface area contributed by atoms with Crippen molar-refractivity contribution in [2.75, 3.05) is 11.1 Å².